The third-order valence-electron chi connectivity index (χ3n) is 4.52. The zero-order valence-corrected chi connectivity index (χ0v) is 13.0. The lowest BCUT2D eigenvalue weighted by Gasteiger charge is -2.30. The van der Waals surface area contributed by atoms with Crippen molar-refractivity contribution >= 4 is 18.3 Å². The van der Waals surface area contributed by atoms with Crippen LogP contribution in [0.1, 0.15) is 39.5 Å². The van der Waals surface area contributed by atoms with Crippen molar-refractivity contribution < 1.29 is 4.79 Å². The average molecular weight is 290 g/mol. The Balaban J connectivity index is 0.00000180. The summed E-state index contributed by atoms with van der Waals surface area (Å²) in [5.41, 5.74) is 0. The summed E-state index contributed by atoms with van der Waals surface area (Å²) in [4.78, 5) is 14.7. The molecule has 0 spiro atoms. The minimum atomic E-state index is 0. The van der Waals surface area contributed by atoms with Crippen molar-refractivity contribution in [2.24, 2.45) is 5.92 Å². The van der Waals surface area contributed by atoms with Crippen LogP contribution < -0.4 is 10.6 Å². The van der Waals surface area contributed by atoms with Crippen LogP contribution in [0.5, 0.6) is 0 Å². The molecule has 3 unspecified atom stereocenters. The fourth-order valence-corrected chi connectivity index (χ4v) is 3.29. The molecule has 2 rings (SSSR count). The van der Waals surface area contributed by atoms with E-state index in [0.717, 1.165) is 32.5 Å². The second kappa shape index (κ2) is 8.08. The lowest BCUT2D eigenvalue weighted by atomic mass is 9.91. The first-order valence-corrected chi connectivity index (χ1v) is 7.47. The van der Waals surface area contributed by atoms with Crippen LogP contribution in [0.15, 0.2) is 0 Å². The fourth-order valence-electron chi connectivity index (χ4n) is 3.29. The van der Waals surface area contributed by atoms with Crippen LogP contribution in [0.25, 0.3) is 0 Å². The van der Waals surface area contributed by atoms with Gasteiger partial charge in [-0.1, -0.05) is 6.92 Å². The van der Waals surface area contributed by atoms with E-state index in [1.807, 2.05) is 0 Å². The average Bonchev–Trinajstić information content (AvgIpc) is 2.84. The summed E-state index contributed by atoms with van der Waals surface area (Å²) in [6.45, 7) is 8.50. The zero-order valence-electron chi connectivity index (χ0n) is 12.2. The molecule has 0 aromatic rings. The topological polar surface area (TPSA) is 44.4 Å². The number of hydrogen-bond acceptors (Lipinski definition) is 3. The van der Waals surface area contributed by atoms with E-state index >= 15 is 0 Å². The number of hydrogen-bond donors (Lipinski definition) is 2. The van der Waals surface area contributed by atoms with Crippen molar-refractivity contribution in [1.82, 2.24) is 15.5 Å². The van der Waals surface area contributed by atoms with Gasteiger partial charge in [0.25, 0.3) is 0 Å². The molecular formula is C14H28ClN3O. The predicted molar refractivity (Wildman–Crippen MR) is 80.7 cm³/mol. The fraction of sp³-hybridized carbons (Fsp3) is 0.929. The molecule has 19 heavy (non-hydrogen) atoms. The Morgan fingerprint density at radius 3 is 2.84 bits per heavy atom. The Morgan fingerprint density at radius 1 is 1.37 bits per heavy atom. The predicted octanol–water partition coefficient (Wildman–Crippen LogP) is 1.40. The molecule has 3 atom stereocenters. The summed E-state index contributed by atoms with van der Waals surface area (Å²) in [6.07, 6.45) is 4.65. The number of carbonyl (C=O) groups excluding carboxylic acids is 1. The number of amides is 1. The molecule has 5 heteroatoms. The molecule has 2 saturated heterocycles. The minimum Gasteiger partial charge on any atom is -0.354 e. The molecule has 0 aromatic carbocycles. The molecule has 112 valence electrons. The van der Waals surface area contributed by atoms with Crippen molar-refractivity contribution in [3.8, 4) is 0 Å². The number of likely N-dealkylation sites (tertiary alicyclic amines) is 1. The zero-order chi connectivity index (χ0) is 13.0. The van der Waals surface area contributed by atoms with Crippen LogP contribution in [-0.4, -0.2) is 49.1 Å². The minimum absolute atomic E-state index is 0. The van der Waals surface area contributed by atoms with E-state index in [2.05, 4.69) is 29.4 Å². The second-order valence-electron chi connectivity index (χ2n) is 5.66. The van der Waals surface area contributed by atoms with Gasteiger partial charge in [-0.15, -0.1) is 12.4 Å². The number of rotatable bonds is 4. The molecule has 2 aliphatic heterocycles. The van der Waals surface area contributed by atoms with Gasteiger partial charge in [0.15, 0.2) is 0 Å². The lowest BCUT2D eigenvalue weighted by Crippen LogP contribution is -2.49. The third-order valence-corrected chi connectivity index (χ3v) is 4.52. The molecule has 0 aromatic heterocycles. The highest BCUT2D eigenvalue weighted by Crippen LogP contribution is 2.18. The van der Waals surface area contributed by atoms with Gasteiger partial charge in [0.1, 0.15) is 0 Å². The van der Waals surface area contributed by atoms with Crippen LogP contribution in [0.2, 0.25) is 0 Å². The van der Waals surface area contributed by atoms with Crippen molar-refractivity contribution in [3.63, 3.8) is 0 Å². The summed E-state index contributed by atoms with van der Waals surface area (Å²) in [5, 5.41) is 6.56. The highest BCUT2D eigenvalue weighted by atomic mass is 35.5. The maximum absolute atomic E-state index is 12.2. The first kappa shape index (κ1) is 16.7. The Kier molecular flexibility index (Phi) is 7.11. The van der Waals surface area contributed by atoms with Crippen LogP contribution >= 0.6 is 12.4 Å². The second-order valence-corrected chi connectivity index (χ2v) is 5.66. The molecule has 1 amide bonds. The Bertz CT molecular complexity index is 288. The highest BCUT2D eigenvalue weighted by Gasteiger charge is 2.29. The molecule has 2 aliphatic rings. The van der Waals surface area contributed by atoms with Crippen LogP contribution in [0, 0.1) is 5.92 Å². The monoisotopic (exact) mass is 289 g/mol. The normalized spacial score (nSPS) is 31.8. The number of nitrogens with zero attached hydrogens (tertiary/aromatic N) is 1. The van der Waals surface area contributed by atoms with Crippen LogP contribution in [0.4, 0.5) is 0 Å². The third kappa shape index (κ3) is 4.33. The van der Waals surface area contributed by atoms with Crippen LogP contribution in [-0.2, 0) is 4.79 Å². The van der Waals surface area contributed by atoms with E-state index in [-0.39, 0.29) is 24.2 Å². The van der Waals surface area contributed by atoms with E-state index in [0.29, 0.717) is 12.1 Å². The lowest BCUT2D eigenvalue weighted by molar-refractivity contribution is -0.126. The molecule has 4 nitrogen and oxygen atoms in total. The molecule has 2 fully saturated rings. The van der Waals surface area contributed by atoms with Gasteiger partial charge >= 0.3 is 0 Å². The maximum Gasteiger partial charge on any atom is 0.224 e. The Labute approximate surface area is 123 Å². The molecule has 2 heterocycles. The highest BCUT2D eigenvalue weighted by molar-refractivity contribution is 5.85. The van der Waals surface area contributed by atoms with E-state index < -0.39 is 0 Å². The molecule has 0 radical (unpaired) electrons. The molecule has 0 saturated carbocycles. The maximum atomic E-state index is 12.2. The van der Waals surface area contributed by atoms with Gasteiger partial charge in [-0.2, -0.15) is 0 Å². The first-order valence-electron chi connectivity index (χ1n) is 7.47. The number of likely N-dealkylation sites (N-methyl/N-ethyl adjacent to an activating group) is 1. The summed E-state index contributed by atoms with van der Waals surface area (Å²) in [7, 11) is 0. The van der Waals surface area contributed by atoms with Gasteiger partial charge in [0.05, 0.1) is 5.92 Å². The Hall–Kier alpha value is -0.320. The van der Waals surface area contributed by atoms with E-state index in [1.165, 1.54) is 19.4 Å². The number of piperidine rings is 1. The van der Waals surface area contributed by atoms with Crippen molar-refractivity contribution in [1.29, 1.82) is 0 Å². The summed E-state index contributed by atoms with van der Waals surface area (Å²) < 4.78 is 0. The van der Waals surface area contributed by atoms with Crippen molar-refractivity contribution in [3.05, 3.63) is 0 Å². The van der Waals surface area contributed by atoms with Crippen LogP contribution in [0.3, 0.4) is 0 Å². The van der Waals surface area contributed by atoms with Gasteiger partial charge < -0.3 is 10.6 Å². The van der Waals surface area contributed by atoms with E-state index in [4.69, 9.17) is 0 Å². The molecule has 0 aliphatic carbocycles. The molecular weight excluding hydrogens is 262 g/mol. The molecule has 2 N–H and O–H groups in total. The Morgan fingerprint density at radius 2 is 2.16 bits per heavy atom. The first-order chi connectivity index (χ1) is 8.72. The number of halogens is 1. The van der Waals surface area contributed by atoms with E-state index in [1.54, 1.807) is 0 Å². The smallest absolute Gasteiger partial charge is 0.224 e. The van der Waals surface area contributed by atoms with Gasteiger partial charge in [-0.25, -0.2) is 0 Å². The van der Waals surface area contributed by atoms with Gasteiger partial charge in [-0.05, 0) is 52.2 Å². The quantitative estimate of drug-likeness (QED) is 0.822. The molecule has 0 bridgehead atoms. The summed E-state index contributed by atoms with van der Waals surface area (Å²) in [6, 6.07) is 0.885. The summed E-state index contributed by atoms with van der Waals surface area (Å²) >= 11 is 0. The summed E-state index contributed by atoms with van der Waals surface area (Å²) in [5.74, 6) is 0.410. The largest absolute Gasteiger partial charge is 0.354 e. The van der Waals surface area contributed by atoms with Crippen molar-refractivity contribution in [2.75, 3.05) is 26.2 Å². The SMILES string of the molecule is CCN1CCCC1CNC(=O)C1CCCNC1C.Cl. The standard InChI is InChI=1S/C14H27N3O.ClH/c1-3-17-9-5-6-12(17)10-16-14(18)13-7-4-8-15-11(13)2;/h11-13,15H,3-10H2,1-2H3,(H,16,18);1H. The number of carbonyl (C=O) groups is 1. The van der Waals surface area contributed by atoms with Gasteiger partial charge in [0, 0.05) is 18.6 Å². The van der Waals surface area contributed by atoms with Crippen molar-refractivity contribution in [2.45, 2.75) is 51.6 Å². The number of nitrogens with one attached hydrogen (secondary N) is 2. The van der Waals surface area contributed by atoms with Gasteiger partial charge in [0.2, 0.25) is 5.91 Å². The van der Waals surface area contributed by atoms with Gasteiger partial charge in [-0.3, -0.25) is 9.69 Å². The van der Waals surface area contributed by atoms with E-state index in [9.17, 15) is 4.79 Å².